The highest BCUT2D eigenvalue weighted by Gasteiger charge is 2.18. The molecular formula is C18H21NO3. The Labute approximate surface area is 130 Å². The smallest absolute Gasteiger partial charge is 0.231 e. The predicted octanol–water partition coefficient (Wildman–Crippen LogP) is 2.67. The van der Waals surface area contributed by atoms with Crippen LogP contribution in [0, 0.1) is 0 Å². The third-order valence-corrected chi connectivity index (χ3v) is 3.74. The van der Waals surface area contributed by atoms with Crippen molar-refractivity contribution in [2.45, 2.75) is 25.5 Å². The molecule has 1 aliphatic heterocycles. The van der Waals surface area contributed by atoms with E-state index in [4.69, 9.17) is 9.47 Å². The summed E-state index contributed by atoms with van der Waals surface area (Å²) in [7, 11) is 0. The lowest BCUT2D eigenvalue weighted by molar-refractivity contribution is 0.174. The number of hydrogen-bond donors (Lipinski definition) is 2. The van der Waals surface area contributed by atoms with Crippen molar-refractivity contribution in [1.82, 2.24) is 5.32 Å². The highest BCUT2D eigenvalue weighted by molar-refractivity contribution is 5.45. The molecule has 0 aliphatic carbocycles. The quantitative estimate of drug-likeness (QED) is 0.861. The first-order valence-electron chi connectivity index (χ1n) is 7.57. The molecule has 1 aliphatic rings. The number of aliphatic hydroxyl groups is 1. The number of nitrogens with one attached hydrogen (secondary N) is 1. The molecular weight excluding hydrogens is 278 g/mol. The van der Waals surface area contributed by atoms with Crippen molar-refractivity contribution in [2.75, 3.05) is 13.3 Å². The molecule has 0 amide bonds. The summed E-state index contributed by atoms with van der Waals surface area (Å²) in [6, 6.07) is 16.5. The average Bonchev–Trinajstić information content (AvgIpc) is 2.99. The molecule has 2 N–H and O–H groups in total. The van der Waals surface area contributed by atoms with E-state index in [1.165, 1.54) is 5.56 Å². The van der Waals surface area contributed by atoms with Gasteiger partial charge in [-0.15, -0.1) is 0 Å². The first-order chi connectivity index (χ1) is 10.7. The molecule has 0 unspecified atom stereocenters. The molecule has 0 saturated carbocycles. The summed E-state index contributed by atoms with van der Waals surface area (Å²) >= 11 is 0. The number of rotatable bonds is 6. The van der Waals surface area contributed by atoms with Crippen LogP contribution in [0.5, 0.6) is 11.5 Å². The van der Waals surface area contributed by atoms with E-state index in [1.807, 2.05) is 30.3 Å². The molecule has 4 nitrogen and oxygen atoms in total. The second-order valence-electron chi connectivity index (χ2n) is 5.61. The second kappa shape index (κ2) is 6.81. The second-order valence-corrected chi connectivity index (χ2v) is 5.61. The van der Waals surface area contributed by atoms with E-state index >= 15 is 0 Å². The maximum atomic E-state index is 9.56. The van der Waals surface area contributed by atoms with Crippen LogP contribution in [0.1, 0.15) is 24.1 Å². The Morgan fingerprint density at radius 1 is 1.09 bits per heavy atom. The zero-order valence-corrected chi connectivity index (χ0v) is 12.7. The highest BCUT2D eigenvalue weighted by Crippen LogP contribution is 2.34. The number of benzene rings is 2. The van der Waals surface area contributed by atoms with Gasteiger partial charge in [0.25, 0.3) is 0 Å². The monoisotopic (exact) mass is 299 g/mol. The predicted molar refractivity (Wildman–Crippen MR) is 85.1 cm³/mol. The maximum Gasteiger partial charge on any atom is 0.231 e. The molecule has 1 heterocycles. The molecule has 22 heavy (non-hydrogen) atoms. The van der Waals surface area contributed by atoms with Gasteiger partial charge in [0.05, 0.1) is 6.10 Å². The Kier molecular flexibility index (Phi) is 4.61. The van der Waals surface area contributed by atoms with Gasteiger partial charge >= 0.3 is 0 Å². The summed E-state index contributed by atoms with van der Waals surface area (Å²) in [4.78, 5) is 0. The van der Waals surface area contributed by atoms with E-state index in [9.17, 15) is 5.11 Å². The fraction of sp³-hybridized carbons (Fsp3) is 0.333. The fourth-order valence-electron chi connectivity index (χ4n) is 2.60. The van der Waals surface area contributed by atoms with Crippen LogP contribution in [-0.4, -0.2) is 24.5 Å². The van der Waals surface area contributed by atoms with Crippen molar-refractivity contribution in [3.05, 3.63) is 59.7 Å². The van der Waals surface area contributed by atoms with E-state index in [2.05, 4.69) is 23.5 Å². The largest absolute Gasteiger partial charge is 0.454 e. The van der Waals surface area contributed by atoms with E-state index < -0.39 is 0 Å². The van der Waals surface area contributed by atoms with Gasteiger partial charge in [0.2, 0.25) is 6.79 Å². The van der Waals surface area contributed by atoms with Crippen LogP contribution in [0.25, 0.3) is 0 Å². The van der Waals surface area contributed by atoms with E-state index in [1.54, 1.807) is 6.92 Å². The standard InChI is InChI=1S/C18H21NO3/c1-13(20)11-19-16(9-14-5-3-2-4-6-14)15-7-8-17-18(10-15)22-12-21-17/h2-8,10,13,16,19-20H,9,11-12H2,1H3/t13-,16+/m1/s1. The normalized spacial score (nSPS) is 15.5. The first kappa shape index (κ1) is 14.9. The van der Waals surface area contributed by atoms with Gasteiger partial charge in [-0.25, -0.2) is 0 Å². The molecule has 2 aromatic rings. The van der Waals surface area contributed by atoms with Gasteiger partial charge in [-0.3, -0.25) is 0 Å². The van der Waals surface area contributed by atoms with Crippen LogP contribution in [0.2, 0.25) is 0 Å². The third kappa shape index (κ3) is 3.59. The van der Waals surface area contributed by atoms with Crippen molar-refractivity contribution < 1.29 is 14.6 Å². The number of fused-ring (bicyclic) bond motifs is 1. The van der Waals surface area contributed by atoms with Gasteiger partial charge in [0, 0.05) is 12.6 Å². The van der Waals surface area contributed by atoms with Gasteiger partial charge in [0.15, 0.2) is 11.5 Å². The number of aliphatic hydroxyl groups excluding tert-OH is 1. The van der Waals surface area contributed by atoms with Crippen LogP contribution in [0.4, 0.5) is 0 Å². The van der Waals surface area contributed by atoms with Crippen LogP contribution < -0.4 is 14.8 Å². The van der Waals surface area contributed by atoms with Crippen LogP contribution in [-0.2, 0) is 6.42 Å². The minimum absolute atomic E-state index is 0.117. The lowest BCUT2D eigenvalue weighted by atomic mass is 9.98. The summed E-state index contributed by atoms with van der Waals surface area (Å²) in [6.07, 6.45) is 0.472. The van der Waals surface area contributed by atoms with Gasteiger partial charge < -0.3 is 19.9 Å². The maximum absolute atomic E-state index is 9.56. The zero-order valence-electron chi connectivity index (χ0n) is 12.7. The Balaban J connectivity index is 1.81. The minimum Gasteiger partial charge on any atom is -0.454 e. The summed E-state index contributed by atoms with van der Waals surface area (Å²) in [5.74, 6) is 1.58. The average molecular weight is 299 g/mol. The summed E-state index contributed by atoms with van der Waals surface area (Å²) in [5.41, 5.74) is 2.39. The van der Waals surface area contributed by atoms with Gasteiger partial charge in [-0.2, -0.15) is 0 Å². The highest BCUT2D eigenvalue weighted by atomic mass is 16.7. The van der Waals surface area contributed by atoms with E-state index in [-0.39, 0.29) is 18.9 Å². The van der Waals surface area contributed by atoms with Crippen molar-refractivity contribution in [3.63, 3.8) is 0 Å². The van der Waals surface area contributed by atoms with Gasteiger partial charge in [-0.1, -0.05) is 36.4 Å². The molecule has 0 radical (unpaired) electrons. The van der Waals surface area contributed by atoms with Crippen molar-refractivity contribution in [1.29, 1.82) is 0 Å². The Morgan fingerprint density at radius 2 is 1.86 bits per heavy atom. The lowest BCUT2D eigenvalue weighted by Gasteiger charge is -2.21. The van der Waals surface area contributed by atoms with Crippen molar-refractivity contribution in [2.24, 2.45) is 0 Å². The molecule has 116 valence electrons. The number of hydrogen-bond acceptors (Lipinski definition) is 4. The third-order valence-electron chi connectivity index (χ3n) is 3.74. The molecule has 2 atom stereocenters. The molecule has 0 saturated heterocycles. The molecule has 0 spiro atoms. The molecule has 0 bridgehead atoms. The van der Waals surface area contributed by atoms with Gasteiger partial charge in [-0.05, 0) is 36.6 Å². The minimum atomic E-state index is -0.382. The molecule has 0 aromatic heterocycles. The summed E-state index contributed by atoms with van der Waals surface area (Å²) in [6.45, 7) is 2.61. The van der Waals surface area contributed by atoms with Crippen LogP contribution >= 0.6 is 0 Å². The first-order valence-corrected chi connectivity index (χ1v) is 7.57. The van der Waals surface area contributed by atoms with Crippen LogP contribution in [0.3, 0.4) is 0 Å². The van der Waals surface area contributed by atoms with E-state index in [0.717, 1.165) is 23.5 Å². The van der Waals surface area contributed by atoms with Gasteiger partial charge in [0.1, 0.15) is 0 Å². The Morgan fingerprint density at radius 3 is 2.64 bits per heavy atom. The zero-order chi connectivity index (χ0) is 15.4. The van der Waals surface area contributed by atoms with Crippen LogP contribution in [0.15, 0.2) is 48.5 Å². The Bertz CT molecular complexity index is 613. The molecule has 3 rings (SSSR count). The Hall–Kier alpha value is -2.04. The molecule has 4 heteroatoms. The number of ether oxygens (including phenoxy) is 2. The van der Waals surface area contributed by atoms with E-state index in [0.29, 0.717) is 6.54 Å². The SMILES string of the molecule is C[C@@H](O)CN[C@@H](Cc1ccccc1)c1ccc2c(c1)OCO2. The lowest BCUT2D eigenvalue weighted by Crippen LogP contribution is -2.30. The fourth-order valence-corrected chi connectivity index (χ4v) is 2.60. The summed E-state index contributed by atoms with van der Waals surface area (Å²) in [5, 5.41) is 13.0. The summed E-state index contributed by atoms with van der Waals surface area (Å²) < 4.78 is 10.8. The molecule has 2 aromatic carbocycles. The molecule has 0 fully saturated rings. The van der Waals surface area contributed by atoms with Crippen molar-refractivity contribution >= 4 is 0 Å². The topological polar surface area (TPSA) is 50.7 Å². The van der Waals surface area contributed by atoms with Crippen molar-refractivity contribution in [3.8, 4) is 11.5 Å².